The van der Waals surface area contributed by atoms with Gasteiger partial charge < -0.3 is 0 Å². The summed E-state index contributed by atoms with van der Waals surface area (Å²) >= 11 is 0. The summed E-state index contributed by atoms with van der Waals surface area (Å²) in [6.45, 7) is 7.01. The monoisotopic (exact) mass is 180 g/mol. The van der Waals surface area contributed by atoms with Crippen molar-refractivity contribution in [1.29, 1.82) is 0 Å². The molecule has 0 amide bonds. The molecule has 1 rings (SSSR count). The van der Waals surface area contributed by atoms with Crippen molar-refractivity contribution < 1.29 is 0 Å². The van der Waals surface area contributed by atoms with Gasteiger partial charge in [-0.3, -0.25) is 0 Å². The Kier molecular flexibility index (Phi) is 4.02. The summed E-state index contributed by atoms with van der Waals surface area (Å²) in [5.74, 6) is 0. The molecule has 1 aliphatic rings. The zero-order valence-electron chi connectivity index (χ0n) is 9.53. The van der Waals surface area contributed by atoms with Crippen molar-refractivity contribution in [2.75, 3.05) is 0 Å². The fraction of sp³-hybridized carbons (Fsp3) is 0.846. The summed E-state index contributed by atoms with van der Waals surface area (Å²) in [4.78, 5) is 0. The predicted molar refractivity (Wildman–Crippen MR) is 59.9 cm³/mol. The number of hydrogen-bond acceptors (Lipinski definition) is 0. The largest absolute Gasteiger partial charge is 0.0853 e. The summed E-state index contributed by atoms with van der Waals surface area (Å²) in [6.07, 6.45) is 12.2. The maximum absolute atomic E-state index is 2.48. The van der Waals surface area contributed by atoms with Gasteiger partial charge in [-0.2, -0.15) is 0 Å². The van der Waals surface area contributed by atoms with E-state index in [9.17, 15) is 0 Å². The summed E-state index contributed by atoms with van der Waals surface area (Å²) < 4.78 is 0. The molecule has 0 N–H and O–H groups in total. The van der Waals surface area contributed by atoms with Gasteiger partial charge in [-0.1, -0.05) is 32.4 Å². The van der Waals surface area contributed by atoms with Crippen LogP contribution in [0.4, 0.5) is 0 Å². The van der Waals surface area contributed by atoms with Crippen molar-refractivity contribution in [3.05, 3.63) is 11.6 Å². The van der Waals surface area contributed by atoms with Crippen LogP contribution in [-0.2, 0) is 0 Å². The molecule has 13 heavy (non-hydrogen) atoms. The Hall–Kier alpha value is -0.260. The first-order valence-electron chi connectivity index (χ1n) is 5.76. The van der Waals surface area contributed by atoms with Crippen LogP contribution in [0.15, 0.2) is 11.6 Å². The minimum atomic E-state index is 0.523. The van der Waals surface area contributed by atoms with Crippen molar-refractivity contribution in [3.63, 3.8) is 0 Å². The van der Waals surface area contributed by atoms with E-state index in [1.165, 1.54) is 44.9 Å². The molecule has 0 aromatic carbocycles. The van der Waals surface area contributed by atoms with E-state index >= 15 is 0 Å². The summed E-state index contributed by atoms with van der Waals surface area (Å²) in [5, 5.41) is 0. The van der Waals surface area contributed by atoms with Crippen LogP contribution in [0.25, 0.3) is 0 Å². The summed E-state index contributed by atoms with van der Waals surface area (Å²) in [6, 6.07) is 0. The summed E-state index contributed by atoms with van der Waals surface area (Å²) in [7, 11) is 0. The van der Waals surface area contributed by atoms with Crippen LogP contribution in [-0.4, -0.2) is 0 Å². The maximum atomic E-state index is 2.48. The van der Waals surface area contributed by atoms with Crippen molar-refractivity contribution in [1.82, 2.24) is 0 Å². The standard InChI is InChI=1S/C13H24/c1-13(2,3)11-7-10-12-8-5-4-6-9-12/h8H,4-7,9-11H2,1-3H3. The quantitative estimate of drug-likeness (QED) is 0.552. The van der Waals surface area contributed by atoms with Crippen LogP contribution in [0.1, 0.15) is 65.7 Å². The molecule has 0 saturated carbocycles. The molecule has 0 spiro atoms. The highest BCUT2D eigenvalue weighted by Gasteiger charge is 2.10. The third-order valence-electron chi connectivity index (χ3n) is 2.81. The fourth-order valence-corrected chi connectivity index (χ4v) is 1.98. The Morgan fingerprint density at radius 3 is 2.54 bits per heavy atom. The Morgan fingerprint density at radius 1 is 1.23 bits per heavy atom. The third-order valence-corrected chi connectivity index (χ3v) is 2.81. The highest BCUT2D eigenvalue weighted by molar-refractivity contribution is 5.04. The van der Waals surface area contributed by atoms with E-state index in [1.54, 1.807) is 5.57 Å². The second kappa shape index (κ2) is 4.83. The first-order valence-corrected chi connectivity index (χ1v) is 5.76. The average Bonchev–Trinajstić information content (AvgIpc) is 2.04. The van der Waals surface area contributed by atoms with Crippen LogP contribution in [0.5, 0.6) is 0 Å². The highest BCUT2D eigenvalue weighted by Crippen LogP contribution is 2.26. The van der Waals surface area contributed by atoms with E-state index in [4.69, 9.17) is 0 Å². The molecule has 0 radical (unpaired) electrons. The molecule has 0 nitrogen and oxygen atoms in total. The molecule has 0 atom stereocenters. The normalized spacial score (nSPS) is 18.5. The van der Waals surface area contributed by atoms with Crippen molar-refractivity contribution in [2.24, 2.45) is 5.41 Å². The van der Waals surface area contributed by atoms with Gasteiger partial charge >= 0.3 is 0 Å². The fourth-order valence-electron chi connectivity index (χ4n) is 1.98. The van der Waals surface area contributed by atoms with Gasteiger partial charge in [0, 0.05) is 0 Å². The van der Waals surface area contributed by atoms with E-state index in [-0.39, 0.29) is 0 Å². The Balaban J connectivity index is 2.15. The molecule has 0 bridgehead atoms. The third kappa shape index (κ3) is 5.13. The second-order valence-electron chi connectivity index (χ2n) is 5.52. The van der Waals surface area contributed by atoms with Crippen LogP contribution in [0, 0.1) is 5.41 Å². The molecule has 0 fully saturated rings. The first-order chi connectivity index (χ1) is 6.08. The molecule has 0 aliphatic heterocycles. The predicted octanol–water partition coefficient (Wildman–Crippen LogP) is 4.70. The van der Waals surface area contributed by atoms with Crippen LogP contribution in [0.2, 0.25) is 0 Å². The number of hydrogen-bond donors (Lipinski definition) is 0. The highest BCUT2D eigenvalue weighted by atomic mass is 14.2. The molecule has 0 aromatic heterocycles. The Morgan fingerprint density at radius 2 is 2.00 bits per heavy atom. The first kappa shape index (κ1) is 10.8. The van der Waals surface area contributed by atoms with Gasteiger partial charge in [0.25, 0.3) is 0 Å². The molecule has 1 aliphatic carbocycles. The molecule has 76 valence electrons. The number of allylic oxidation sites excluding steroid dienone is 2. The molecule has 0 heterocycles. The van der Waals surface area contributed by atoms with Crippen molar-refractivity contribution >= 4 is 0 Å². The molecule has 0 aromatic rings. The van der Waals surface area contributed by atoms with Gasteiger partial charge in [0.05, 0.1) is 0 Å². The summed E-state index contributed by atoms with van der Waals surface area (Å²) in [5.41, 5.74) is 2.25. The van der Waals surface area contributed by atoms with E-state index in [0.29, 0.717) is 5.41 Å². The van der Waals surface area contributed by atoms with E-state index < -0.39 is 0 Å². The van der Waals surface area contributed by atoms with Gasteiger partial charge in [-0.15, -0.1) is 0 Å². The van der Waals surface area contributed by atoms with Gasteiger partial charge in [0.1, 0.15) is 0 Å². The lowest BCUT2D eigenvalue weighted by atomic mass is 9.87. The molecule has 0 unspecified atom stereocenters. The zero-order chi connectivity index (χ0) is 9.73. The lowest BCUT2D eigenvalue weighted by molar-refractivity contribution is 0.364. The number of rotatable bonds is 3. The smallest absolute Gasteiger partial charge is 0.0320 e. The zero-order valence-corrected chi connectivity index (χ0v) is 9.53. The topological polar surface area (TPSA) is 0 Å². The minimum Gasteiger partial charge on any atom is -0.0853 e. The molecular formula is C13H24. The Bertz CT molecular complexity index is 169. The van der Waals surface area contributed by atoms with Gasteiger partial charge in [0.2, 0.25) is 0 Å². The maximum Gasteiger partial charge on any atom is -0.0320 e. The Labute approximate surface area is 83.4 Å². The van der Waals surface area contributed by atoms with Crippen molar-refractivity contribution in [3.8, 4) is 0 Å². The molecular weight excluding hydrogens is 156 g/mol. The molecule has 0 saturated heterocycles. The van der Waals surface area contributed by atoms with Crippen molar-refractivity contribution in [2.45, 2.75) is 65.7 Å². The SMILES string of the molecule is CC(C)(C)CCCC1=CCCCC1. The van der Waals surface area contributed by atoms with Gasteiger partial charge in [-0.25, -0.2) is 0 Å². The van der Waals surface area contributed by atoms with Crippen LogP contribution < -0.4 is 0 Å². The molecule has 0 heteroatoms. The van der Waals surface area contributed by atoms with Crippen LogP contribution >= 0.6 is 0 Å². The lowest BCUT2D eigenvalue weighted by Crippen LogP contribution is -2.04. The van der Waals surface area contributed by atoms with Crippen LogP contribution in [0.3, 0.4) is 0 Å². The van der Waals surface area contributed by atoms with E-state index in [1.807, 2.05) is 0 Å². The minimum absolute atomic E-state index is 0.523. The second-order valence-corrected chi connectivity index (χ2v) is 5.52. The lowest BCUT2D eigenvalue weighted by Gasteiger charge is -2.19. The average molecular weight is 180 g/mol. The van der Waals surface area contributed by atoms with E-state index in [0.717, 1.165) is 0 Å². The van der Waals surface area contributed by atoms with Gasteiger partial charge in [0.15, 0.2) is 0 Å². The van der Waals surface area contributed by atoms with Gasteiger partial charge in [-0.05, 0) is 50.4 Å². The van der Waals surface area contributed by atoms with E-state index in [2.05, 4.69) is 26.8 Å².